The topological polar surface area (TPSA) is 72.2 Å². The molecule has 1 unspecified atom stereocenters. The normalized spacial score (nSPS) is 12.2. The highest BCUT2D eigenvalue weighted by molar-refractivity contribution is 8.00. The number of rotatable bonds is 4. The number of nitrogens with two attached hydrogens (primary N) is 1. The molecule has 1 aromatic carbocycles. The average Bonchev–Trinajstić information content (AvgIpc) is 2.26. The largest absolute Gasteiger partial charge is 0.351 e. The molecule has 3 N–H and O–H groups in total. The Morgan fingerprint density at radius 3 is 2.44 bits per heavy atom. The van der Waals surface area contributed by atoms with E-state index in [0.29, 0.717) is 5.02 Å². The highest BCUT2D eigenvalue weighted by atomic mass is 35.5. The van der Waals surface area contributed by atoms with Gasteiger partial charge in [-0.3, -0.25) is 10.1 Å². The number of benzene rings is 1. The van der Waals surface area contributed by atoms with Crippen molar-refractivity contribution in [3.63, 3.8) is 0 Å². The van der Waals surface area contributed by atoms with Crippen molar-refractivity contribution in [1.29, 1.82) is 0 Å². The Balaban J connectivity index is 2.84. The molecule has 0 saturated heterocycles. The van der Waals surface area contributed by atoms with Crippen LogP contribution in [0.25, 0.3) is 0 Å². The van der Waals surface area contributed by atoms with Crippen molar-refractivity contribution < 1.29 is 9.59 Å². The molecule has 0 aliphatic heterocycles. The quantitative estimate of drug-likeness (QED) is 0.836. The maximum atomic E-state index is 11.8. The van der Waals surface area contributed by atoms with Crippen LogP contribution in [-0.2, 0) is 4.79 Å². The zero-order chi connectivity index (χ0) is 13.7. The van der Waals surface area contributed by atoms with Gasteiger partial charge < -0.3 is 5.73 Å². The molecular formula is C12H15ClN2O2S. The van der Waals surface area contributed by atoms with E-state index in [-0.39, 0.29) is 5.92 Å². The van der Waals surface area contributed by atoms with Gasteiger partial charge in [0.15, 0.2) is 0 Å². The molecule has 0 aliphatic carbocycles. The van der Waals surface area contributed by atoms with Gasteiger partial charge in [0, 0.05) is 4.90 Å². The smallest absolute Gasteiger partial charge is 0.318 e. The highest BCUT2D eigenvalue weighted by Gasteiger charge is 2.25. The number of nitrogens with one attached hydrogen (secondary N) is 1. The molecule has 0 spiro atoms. The average molecular weight is 287 g/mol. The molecule has 1 rings (SSSR count). The minimum absolute atomic E-state index is 0.0469. The fourth-order valence-corrected chi connectivity index (χ4v) is 2.68. The molecule has 0 radical (unpaired) electrons. The molecule has 0 aliphatic rings. The predicted molar refractivity (Wildman–Crippen MR) is 73.7 cm³/mol. The van der Waals surface area contributed by atoms with E-state index in [9.17, 15) is 9.59 Å². The lowest BCUT2D eigenvalue weighted by Gasteiger charge is -2.19. The second kappa shape index (κ2) is 6.66. The van der Waals surface area contributed by atoms with Gasteiger partial charge in [0.2, 0.25) is 5.91 Å². The summed E-state index contributed by atoms with van der Waals surface area (Å²) in [6.45, 7) is 3.80. The lowest BCUT2D eigenvalue weighted by molar-refractivity contribution is -0.120. The number of carbonyl (C=O) groups excluding carboxylic acids is 2. The predicted octanol–water partition coefficient (Wildman–Crippen LogP) is 2.65. The first-order valence-electron chi connectivity index (χ1n) is 5.43. The molecule has 0 heterocycles. The van der Waals surface area contributed by atoms with Crippen LogP contribution in [0.3, 0.4) is 0 Å². The van der Waals surface area contributed by atoms with Gasteiger partial charge in [-0.2, -0.15) is 0 Å². The van der Waals surface area contributed by atoms with E-state index in [1.54, 1.807) is 6.07 Å². The fraction of sp³-hybridized carbons (Fsp3) is 0.333. The van der Waals surface area contributed by atoms with Gasteiger partial charge in [-0.05, 0) is 18.1 Å². The van der Waals surface area contributed by atoms with Gasteiger partial charge in [0.25, 0.3) is 0 Å². The van der Waals surface area contributed by atoms with Crippen LogP contribution in [-0.4, -0.2) is 17.2 Å². The summed E-state index contributed by atoms with van der Waals surface area (Å²) >= 11 is 7.36. The summed E-state index contributed by atoms with van der Waals surface area (Å²) in [5.41, 5.74) is 4.95. The SMILES string of the molecule is CC(C)C(Sc1ccccc1Cl)C(=O)NC(N)=O. The Morgan fingerprint density at radius 1 is 1.33 bits per heavy atom. The van der Waals surface area contributed by atoms with Crippen LogP contribution in [0.1, 0.15) is 13.8 Å². The Kier molecular flexibility index (Phi) is 5.50. The van der Waals surface area contributed by atoms with E-state index in [2.05, 4.69) is 5.32 Å². The van der Waals surface area contributed by atoms with Crippen LogP contribution in [0, 0.1) is 5.92 Å². The zero-order valence-corrected chi connectivity index (χ0v) is 11.7. The van der Waals surface area contributed by atoms with Gasteiger partial charge in [-0.1, -0.05) is 37.6 Å². The van der Waals surface area contributed by atoms with E-state index in [1.165, 1.54) is 11.8 Å². The number of imide groups is 1. The van der Waals surface area contributed by atoms with E-state index < -0.39 is 17.2 Å². The molecule has 0 bridgehead atoms. The van der Waals surface area contributed by atoms with Crippen LogP contribution >= 0.6 is 23.4 Å². The fourth-order valence-electron chi connectivity index (χ4n) is 1.36. The molecule has 3 amide bonds. The molecule has 0 aromatic heterocycles. The van der Waals surface area contributed by atoms with Crippen molar-refractivity contribution in [1.82, 2.24) is 5.32 Å². The molecule has 0 fully saturated rings. The van der Waals surface area contributed by atoms with Crippen molar-refractivity contribution >= 4 is 35.3 Å². The second-order valence-electron chi connectivity index (χ2n) is 4.07. The maximum absolute atomic E-state index is 11.8. The van der Waals surface area contributed by atoms with E-state index >= 15 is 0 Å². The van der Waals surface area contributed by atoms with E-state index in [4.69, 9.17) is 17.3 Å². The van der Waals surface area contributed by atoms with E-state index in [1.807, 2.05) is 32.0 Å². The lowest BCUT2D eigenvalue weighted by Crippen LogP contribution is -2.42. The molecule has 1 atom stereocenters. The number of primary amides is 1. The number of amides is 3. The molecule has 4 nitrogen and oxygen atoms in total. The molecule has 1 aromatic rings. The van der Waals surface area contributed by atoms with Crippen molar-refractivity contribution in [2.45, 2.75) is 24.0 Å². The first kappa shape index (κ1) is 14.9. The Morgan fingerprint density at radius 2 is 1.94 bits per heavy atom. The number of hydrogen-bond acceptors (Lipinski definition) is 3. The summed E-state index contributed by atoms with van der Waals surface area (Å²) in [7, 11) is 0. The second-order valence-corrected chi connectivity index (χ2v) is 5.66. The van der Waals surface area contributed by atoms with E-state index in [0.717, 1.165) is 4.90 Å². The summed E-state index contributed by atoms with van der Waals surface area (Å²) in [5, 5.41) is 2.26. The van der Waals surface area contributed by atoms with Crippen molar-refractivity contribution in [3.8, 4) is 0 Å². The molecule has 6 heteroatoms. The summed E-state index contributed by atoms with van der Waals surface area (Å²) in [6, 6.07) is 6.41. The van der Waals surface area contributed by atoms with Crippen molar-refractivity contribution in [2.24, 2.45) is 11.7 Å². The molecule has 0 saturated carbocycles. The third-order valence-corrected chi connectivity index (χ3v) is 4.26. The summed E-state index contributed by atoms with van der Waals surface area (Å²) in [5.74, 6) is -0.354. The van der Waals surface area contributed by atoms with Gasteiger partial charge in [0.05, 0.1) is 10.3 Å². The van der Waals surface area contributed by atoms with Crippen LogP contribution in [0.2, 0.25) is 5.02 Å². The van der Waals surface area contributed by atoms with Crippen LogP contribution < -0.4 is 11.1 Å². The monoisotopic (exact) mass is 286 g/mol. The molecule has 18 heavy (non-hydrogen) atoms. The number of carbonyl (C=O) groups is 2. The molecule has 98 valence electrons. The van der Waals surface area contributed by atoms with Gasteiger partial charge in [-0.15, -0.1) is 11.8 Å². The van der Waals surface area contributed by atoms with Crippen LogP contribution in [0.4, 0.5) is 4.79 Å². The van der Waals surface area contributed by atoms with Gasteiger partial charge in [0.1, 0.15) is 0 Å². The Hall–Kier alpha value is -1.20. The lowest BCUT2D eigenvalue weighted by atomic mass is 10.1. The Bertz CT molecular complexity index is 451. The summed E-state index contributed by atoms with van der Waals surface area (Å²) in [4.78, 5) is 23.3. The minimum Gasteiger partial charge on any atom is -0.351 e. The maximum Gasteiger partial charge on any atom is 0.318 e. The third-order valence-electron chi connectivity index (χ3n) is 2.20. The third kappa shape index (κ3) is 4.23. The summed E-state index contributed by atoms with van der Waals surface area (Å²) in [6.07, 6.45) is 0. The van der Waals surface area contributed by atoms with Crippen molar-refractivity contribution in [3.05, 3.63) is 29.3 Å². The summed E-state index contributed by atoms with van der Waals surface area (Å²) < 4.78 is 0. The number of hydrogen-bond donors (Lipinski definition) is 2. The molecular weight excluding hydrogens is 272 g/mol. The van der Waals surface area contributed by atoms with Crippen molar-refractivity contribution in [2.75, 3.05) is 0 Å². The highest BCUT2D eigenvalue weighted by Crippen LogP contribution is 2.33. The van der Waals surface area contributed by atoms with Crippen LogP contribution in [0.15, 0.2) is 29.2 Å². The number of thioether (sulfide) groups is 1. The Labute approximate surface area is 115 Å². The standard InChI is InChI=1S/C12H15ClN2O2S/c1-7(2)10(11(16)15-12(14)17)18-9-6-4-3-5-8(9)13/h3-7,10H,1-2H3,(H3,14,15,16,17). The number of halogens is 1. The number of urea groups is 1. The van der Waals surface area contributed by atoms with Gasteiger partial charge in [-0.25, -0.2) is 4.79 Å². The van der Waals surface area contributed by atoms with Gasteiger partial charge >= 0.3 is 6.03 Å². The van der Waals surface area contributed by atoms with Crippen LogP contribution in [0.5, 0.6) is 0 Å². The first-order chi connectivity index (χ1) is 8.41. The zero-order valence-electron chi connectivity index (χ0n) is 10.1. The first-order valence-corrected chi connectivity index (χ1v) is 6.69. The minimum atomic E-state index is -0.842.